The third-order valence-electron chi connectivity index (χ3n) is 6.05. The average molecular weight is 337 g/mol. The van der Waals surface area contributed by atoms with Crippen molar-refractivity contribution in [3.05, 3.63) is 18.0 Å². The molecule has 0 aliphatic heterocycles. The Bertz CT molecular complexity index is 508. The van der Waals surface area contributed by atoms with Crippen molar-refractivity contribution < 1.29 is 0 Å². The van der Waals surface area contributed by atoms with Crippen molar-refractivity contribution >= 4 is 15.9 Å². The number of hydrogen-bond acceptors (Lipinski definition) is 1. The summed E-state index contributed by atoms with van der Waals surface area (Å²) in [6, 6.07) is 2.13. The summed E-state index contributed by atoms with van der Waals surface area (Å²) in [6.07, 6.45) is 10.2. The van der Waals surface area contributed by atoms with Gasteiger partial charge in [-0.15, -0.1) is 0 Å². The second-order valence-corrected chi connectivity index (χ2v) is 10.6. The van der Waals surface area contributed by atoms with Crippen LogP contribution in [0, 0.1) is 23.2 Å². The zero-order chi connectivity index (χ0) is 14.2. The van der Waals surface area contributed by atoms with Gasteiger partial charge < -0.3 is 0 Å². The highest BCUT2D eigenvalue weighted by atomic mass is 79.9. The van der Waals surface area contributed by atoms with Gasteiger partial charge in [-0.2, -0.15) is 5.10 Å². The Balaban J connectivity index is 1.73. The molecule has 4 fully saturated rings. The summed E-state index contributed by atoms with van der Waals surface area (Å²) in [6.45, 7) is 8.36. The van der Waals surface area contributed by atoms with Crippen LogP contribution in [0.4, 0.5) is 0 Å². The number of nitrogens with zero attached hydrogens (tertiary/aromatic N) is 2. The van der Waals surface area contributed by atoms with Gasteiger partial charge >= 0.3 is 0 Å². The fourth-order valence-corrected chi connectivity index (χ4v) is 8.79. The first-order valence-corrected chi connectivity index (χ1v) is 8.70. The van der Waals surface area contributed by atoms with Crippen LogP contribution in [0.25, 0.3) is 0 Å². The molecule has 1 aromatic heterocycles. The smallest absolute Gasteiger partial charge is 0.0492 e. The lowest BCUT2D eigenvalue weighted by Crippen LogP contribution is -2.61. The van der Waals surface area contributed by atoms with Crippen molar-refractivity contribution in [3.63, 3.8) is 0 Å². The normalized spacial score (nSPS) is 49.8. The fourth-order valence-electron chi connectivity index (χ4n) is 6.84. The SMILES string of the molecule is Cc1ccnn1CC12CC3(C)CC(C)(CC(Br)(C3)C1)C2. The van der Waals surface area contributed by atoms with E-state index in [-0.39, 0.29) is 0 Å². The van der Waals surface area contributed by atoms with Crippen molar-refractivity contribution in [1.29, 1.82) is 0 Å². The molecule has 0 aromatic carbocycles. The van der Waals surface area contributed by atoms with E-state index in [4.69, 9.17) is 0 Å². The Kier molecular flexibility index (Phi) is 2.48. The zero-order valence-corrected chi connectivity index (χ0v) is 14.5. The minimum absolute atomic E-state index is 0.395. The topological polar surface area (TPSA) is 17.8 Å². The summed E-state index contributed by atoms with van der Waals surface area (Å²) in [5.41, 5.74) is 2.83. The lowest BCUT2D eigenvalue weighted by atomic mass is 9.40. The Morgan fingerprint density at radius 1 is 1.10 bits per heavy atom. The van der Waals surface area contributed by atoms with E-state index >= 15 is 0 Å². The summed E-state index contributed by atoms with van der Waals surface area (Å²) >= 11 is 4.16. The van der Waals surface area contributed by atoms with E-state index in [0.29, 0.717) is 20.6 Å². The fraction of sp³-hybridized carbons (Fsp3) is 0.824. The molecule has 2 nitrogen and oxygen atoms in total. The molecular weight excluding hydrogens is 312 g/mol. The highest BCUT2D eigenvalue weighted by Crippen LogP contribution is 2.73. The van der Waals surface area contributed by atoms with E-state index in [9.17, 15) is 0 Å². The molecule has 4 aliphatic carbocycles. The molecule has 1 aromatic rings. The van der Waals surface area contributed by atoms with Crippen LogP contribution in [0.2, 0.25) is 0 Å². The molecule has 1 heterocycles. The van der Waals surface area contributed by atoms with Crippen LogP contribution in [-0.2, 0) is 6.54 Å². The Labute approximate surface area is 130 Å². The third-order valence-corrected chi connectivity index (χ3v) is 6.89. The van der Waals surface area contributed by atoms with E-state index in [2.05, 4.69) is 52.5 Å². The molecule has 110 valence electrons. The van der Waals surface area contributed by atoms with Gasteiger partial charge in [0, 0.05) is 22.8 Å². The van der Waals surface area contributed by atoms with Crippen molar-refractivity contribution in [2.75, 3.05) is 0 Å². The minimum Gasteiger partial charge on any atom is -0.269 e. The second kappa shape index (κ2) is 3.71. The summed E-state index contributed by atoms with van der Waals surface area (Å²) in [7, 11) is 0. The number of aromatic nitrogens is 2. The van der Waals surface area contributed by atoms with Crippen LogP contribution in [-0.4, -0.2) is 14.1 Å². The lowest BCUT2D eigenvalue weighted by Gasteiger charge is -2.68. The van der Waals surface area contributed by atoms with Gasteiger partial charge in [-0.3, -0.25) is 4.68 Å². The maximum absolute atomic E-state index is 4.56. The van der Waals surface area contributed by atoms with E-state index in [1.165, 1.54) is 44.2 Å². The number of alkyl halides is 1. The Hall–Kier alpha value is -0.310. The Morgan fingerprint density at radius 3 is 2.25 bits per heavy atom. The first-order valence-electron chi connectivity index (χ1n) is 7.91. The first kappa shape index (κ1) is 13.4. The molecule has 4 bridgehead atoms. The van der Waals surface area contributed by atoms with E-state index < -0.39 is 0 Å². The van der Waals surface area contributed by atoms with Gasteiger partial charge in [-0.05, 0) is 67.8 Å². The summed E-state index contributed by atoms with van der Waals surface area (Å²) in [5, 5.41) is 4.56. The molecule has 0 spiro atoms. The van der Waals surface area contributed by atoms with Crippen molar-refractivity contribution in [1.82, 2.24) is 9.78 Å². The molecule has 0 amide bonds. The molecule has 3 heteroatoms. The maximum atomic E-state index is 4.56. The number of aryl methyl sites for hydroxylation is 1. The largest absolute Gasteiger partial charge is 0.269 e. The average Bonchev–Trinajstić information content (AvgIpc) is 2.55. The van der Waals surface area contributed by atoms with Crippen LogP contribution >= 0.6 is 15.9 Å². The lowest BCUT2D eigenvalue weighted by molar-refractivity contribution is -0.137. The third kappa shape index (κ3) is 1.92. The molecule has 0 radical (unpaired) electrons. The van der Waals surface area contributed by atoms with Gasteiger partial charge in [0.1, 0.15) is 0 Å². The minimum atomic E-state index is 0.395. The molecule has 0 N–H and O–H groups in total. The number of hydrogen-bond donors (Lipinski definition) is 0. The molecule has 0 saturated heterocycles. The molecule has 4 saturated carbocycles. The predicted molar refractivity (Wildman–Crippen MR) is 85.0 cm³/mol. The van der Waals surface area contributed by atoms with Gasteiger partial charge in [0.25, 0.3) is 0 Å². The maximum Gasteiger partial charge on any atom is 0.0492 e. The van der Waals surface area contributed by atoms with Crippen LogP contribution in [0.3, 0.4) is 0 Å². The van der Waals surface area contributed by atoms with Crippen molar-refractivity contribution in [3.8, 4) is 0 Å². The highest BCUT2D eigenvalue weighted by Gasteiger charge is 2.64. The predicted octanol–water partition coefficient (Wildman–Crippen LogP) is 4.71. The van der Waals surface area contributed by atoms with Gasteiger partial charge in [0.15, 0.2) is 0 Å². The molecule has 2 unspecified atom stereocenters. The molecular formula is C17H25BrN2. The van der Waals surface area contributed by atoms with Crippen LogP contribution < -0.4 is 0 Å². The van der Waals surface area contributed by atoms with Crippen LogP contribution in [0.5, 0.6) is 0 Å². The van der Waals surface area contributed by atoms with Gasteiger partial charge in [-0.1, -0.05) is 29.8 Å². The first-order chi connectivity index (χ1) is 9.23. The van der Waals surface area contributed by atoms with Crippen LogP contribution in [0.1, 0.15) is 58.1 Å². The molecule has 5 rings (SSSR count). The molecule has 2 atom stereocenters. The van der Waals surface area contributed by atoms with Crippen molar-refractivity contribution in [2.45, 2.75) is 70.2 Å². The highest BCUT2D eigenvalue weighted by molar-refractivity contribution is 9.10. The van der Waals surface area contributed by atoms with E-state index in [1.54, 1.807) is 0 Å². The van der Waals surface area contributed by atoms with Crippen LogP contribution in [0.15, 0.2) is 12.3 Å². The van der Waals surface area contributed by atoms with Gasteiger partial charge in [0.05, 0.1) is 0 Å². The van der Waals surface area contributed by atoms with Gasteiger partial charge in [0.2, 0.25) is 0 Å². The standard InChI is InChI=1S/C17H25BrN2/c1-13-4-5-19-20(13)12-16-7-14(2)6-15(3,8-16)10-17(18,9-14)11-16/h4-5H,6-12H2,1-3H3. The molecule has 4 aliphatic rings. The summed E-state index contributed by atoms with van der Waals surface area (Å²) in [5.74, 6) is 0. The monoisotopic (exact) mass is 336 g/mol. The Morgan fingerprint density at radius 2 is 1.75 bits per heavy atom. The summed E-state index contributed by atoms with van der Waals surface area (Å²) in [4.78, 5) is 0. The molecule has 20 heavy (non-hydrogen) atoms. The number of halogens is 1. The summed E-state index contributed by atoms with van der Waals surface area (Å²) < 4.78 is 2.64. The van der Waals surface area contributed by atoms with Crippen molar-refractivity contribution in [2.24, 2.45) is 16.2 Å². The quantitative estimate of drug-likeness (QED) is 0.715. The zero-order valence-electron chi connectivity index (χ0n) is 12.9. The second-order valence-electron chi connectivity index (χ2n) is 8.96. The number of rotatable bonds is 2. The van der Waals surface area contributed by atoms with E-state index in [0.717, 1.165) is 6.54 Å². The van der Waals surface area contributed by atoms with E-state index in [1.807, 2.05) is 6.20 Å². The van der Waals surface area contributed by atoms with Gasteiger partial charge in [-0.25, -0.2) is 0 Å².